The van der Waals surface area contributed by atoms with E-state index in [9.17, 15) is 43.9 Å². The molecular weight excluding hydrogens is 1220 g/mol. The van der Waals surface area contributed by atoms with E-state index in [1.807, 2.05) is 0 Å². The lowest BCUT2D eigenvalue weighted by atomic mass is 9.90. The summed E-state index contributed by atoms with van der Waals surface area (Å²) in [5.74, 6) is -116. The van der Waals surface area contributed by atoms with E-state index in [-0.39, 0.29) is 0 Å². The van der Waals surface area contributed by atoms with Gasteiger partial charge in [0, 0.05) is 0 Å². The molecule has 0 saturated carbocycles. The van der Waals surface area contributed by atoms with Crippen molar-refractivity contribution < 1.29 is 149 Å². The molecule has 0 amide bonds. The smallest absolute Gasteiger partial charge is 0.200 e. The lowest BCUT2D eigenvalue weighted by Gasteiger charge is -2.19. The number of hydrogen-bond acceptors (Lipinski definition) is 0. The van der Waals surface area contributed by atoms with Crippen LogP contribution in [0.2, 0.25) is 0 Å². The van der Waals surface area contributed by atoms with Crippen LogP contribution in [-0.2, 0) is 0 Å². The fourth-order valence-electron chi connectivity index (χ4n) is 8.07. The molecule has 8 aromatic rings. The Morgan fingerprint density at radius 2 is 0.0976 bits per heavy atom. The van der Waals surface area contributed by atoms with Crippen molar-refractivity contribution >= 4 is 0 Å². The van der Waals surface area contributed by atoms with Gasteiger partial charge in [0.2, 0.25) is 11.6 Å². The van der Waals surface area contributed by atoms with Crippen LogP contribution in [0.15, 0.2) is 0 Å². The summed E-state index contributed by atoms with van der Waals surface area (Å²) >= 11 is 0. The minimum atomic E-state index is -3.64. The van der Waals surface area contributed by atoms with Crippen LogP contribution >= 0.6 is 0 Å². The number of hydrogen-bond donors (Lipinski definition) is 0. The van der Waals surface area contributed by atoms with Gasteiger partial charge >= 0.3 is 0 Å². The van der Waals surface area contributed by atoms with E-state index < -0.39 is 276 Å². The molecule has 0 radical (unpaired) electrons. The lowest BCUT2D eigenvalue weighted by molar-refractivity contribution is 0.379. The van der Waals surface area contributed by atoms with E-state index >= 15 is 105 Å². The Morgan fingerprint density at radius 3 is 0.159 bits per heavy atom. The Kier molecular flexibility index (Phi) is 14.6. The fourth-order valence-corrected chi connectivity index (χ4v) is 8.07. The summed E-state index contributed by atoms with van der Waals surface area (Å²) < 4.78 is 511. The fraction of sp³-hybridized carbons (Fsp3) is 0. The van der Waals surface area contributed by atoms with Gasteiger partial charge < -0.3 is 0 Å². The van der Waals surface area contributed by atoms with Gasteiger partial charge in [-0.3, -0.25) is 0 Å². The molecule has 8 aromatic carbocycles. The Hall–Kier alpha value is -8.62. The highest BCUT2D eigenvalue weighted by Crippen LogP contribution is 2.50. The Bertz CT molecular complexity index is 3750. The molecule has 0 bridgehead atoms. The predicted molar refractivity (Wildman–Crippen MR) is 203 cm³/mol. The quantitative estimate of drug-likeness (QED) is 0.0848. The summed E-state index contributed by atoms with van der Waals surface area (Å²) in [4.78, 5) is 0. The lowest BCUT2D eigenvalue weighted by Crippen LogP contribution is -2.14. The van der Waals surface area contributed by atoms with Gasteiger partial charge in [0.25, 0.3) is 0 Å². The molecule has 430 valence electrons. The van der Waals surface area contributed by atoms with E-state index in [1.54, 1.807) is 0 Å². The van der Waals surface area contributed by atoms with E-state index in [0.717, 1.165) is 0 Å². The standard InChI is InChI=1S/C48F34/c49-15-1(16(50)20(54)3(19(15)53)5-23(57)27(61)7(28(62)24(5)58)9-31(65)35(69)11(36(70)32(9)66)13-39(73)43(77)47(81)44(78)40(13)74)2-17(51)21(55)4(22(56)18(2)52)6-25(59)29(63)8(30(64)26(6)60)10-33(67)37(71)12(38(72)34(10)68)14-41(75)45(79)48(82)46(80)42(14)76. The summed E-state index contributed by atoms with van der Waals surface area (Å²) in [7, 11) is 0. The van der Waals surface area contributed by atoms with Gasteiger partial charge in [-0.15, -0.1) is 0 Å². The summed E-state index contributed by atoms with van der Waals surface area (Å²) in [6.45, 7) is 0. The Balaban J connectivity index is 1.28. The zero-order valence-electron chi connectivity index (χ0n) is 36.9. The zero-order valence-corrected chi connectivity index (χ0v) is 36.9. The van der Waals surface area contributed by atoms with Crippen LogP contribution in [0.1, 0.15) is 0 Å². The third-order valence-corrected chi connectivity index (χ3v) is 11.7. The van der Waals surface area contributed by atoms with Crippen molar-refractivity contribution in [3.05, 3.63) is 198 Å². The number of benzene rings is 8. The third kappa shape index (κ3) is 7.91. The molecule has 0 aliphatic rings. The van der Waals surface area contributed by atoms with Crippen molar-refractivity contribution in [1.82, 2.24) is 0 Å². The van der Waals surface area contributed by atoms with Gasteiger partial charge in [-0.25, -0.2) is 149 Å². The average Bonchev–Trinajstić information content (AvgIpc) is 3.33. The Labute approximate surface area is 424 Å². The molecule has 0 nitrogen and oxygen atoms in total. The molecule has 0 aliphatic heterocycles. The molecule has 8 rings (SSSR count). The summed E-state index contributed by atoms with van der Waals surface area (Å²) in [6.07, 6.45) is 0. The number of halogens is 34. The van der Waals surface area contributed by atoms with Gasteiger partial charge in [-0.1, -0.05) is 0 Å². The largest absolute Gasteiger partial charge is 0.203 e. The molecule has 0 aromatic heterocycles. The first kappa shape index (κ1) is 59.5. The van der Waals surface area contributed by atoms with Crippen LogP contribution in [0.5, 0.6) is 0 Å². The highest BCUT2D eigenvalue weighted by atomic mass is 19.2. The molecular formula is C48F34. The molecule has 0 saturated heterocycles. The maximum Gasteiger partial charge on any atom is 0.200 e. The van der Waals surface area contributed by atoms with Crippen molar-refractivity contribution in [3.8, 4) is 77.9 Å². The van der Waals surface area contributed by atoms with Crippen LogP contribution in [0.3, 0.4) is 0 Å². The molecule has 82 heavy (non-hydrogen) atoms. The van der Waals surface area contributed by atoms with Crippen LogP contribution in [0, 0.1) is 198 Å². The molecule has 0 atom stereocenters. The topological polar surface area (TPSA) is 0 Å². The SMILES string of the molecule is Fc1c(F)c(F)c(-c2c(F)c(F)c(-c3c(F)c(F)c(-c4c(F)c(F)c(-c5c(F)c(F)c(-c6c(F)c(F)c(-c7c(F)c(F)c(-c8c(F)c(F)c(F)c(F)c8F)c(F)c7F)c(F)c6F)c(F)c5F)c(F)c4F)c(F)c3F)c(F)c2F)c(F)c1F. The van der Waals surface area contributed by atoms with Gasteiger partial charge in [-0.2, -0.15) is 0 Å². The second kappa shape index (κ2) is 20.1. The second-order valence-electron chi connectivity index (χ2n) is 15.9. The second-order valence-corrected chi connectivity index (χ2v) is 15.9. The molecule has 0 spiro atoms. The summed E-state index contributed by atoms with van der Waals surface area (Å²) in [5, 5.41) is 0. The van der Waals surface area contributed by atoms with Crippen LogP contribution < -0.4 is 0 Å². The maximum absolute atomic E-state index is 15.7. The monoisotopic (exact) mass is 1220 g/mol. The van der Waals surface area contributed by atoms with Crippen molar-refractivity contribution in [2.24, 2.45) is 0 Å². The van der Waals surface area contributed by atoms with E-state index in [2.05, 4.69) is 0 Å². The van der Waals surface area contributed by atoms with Gasteiger partial charge in [-0.05, 0) is 0 Å². The van der Waals surface area contributed by atoms with Gasteiger partial charge in [0.05, 0.1) is 77.9 Å². The average molecular weight is 1220 g/mol. The molecule has 0 fully saturated rings. The number of rotatable bonds is 7. The first-order chi connectivity index (χ1) is 38.0. The van der Waals surface area contributed by atoms with Crippen LogP contribution in [-0.4, -0.2) is 0 Å². The van der Waals surface area contributed by atoms with E-state index in [4.69, 9.17) is 0 Å². The highest BCUT2D eigenvalue weighted by Gasteiger charge is 2.44. The van der Waals surface area contributed by atoms with Crippen LogP contribution in [0.4, 0.5) is 149 Å². The van der Waals surface area contributed by atoms with Crippen molar-refractivity contribution in [2.75, 3.05) is 0 Å². The van der Waals surface area contributed by atoms with Crippen molar-refractivity contribution in [2.45, 2.75) is 0 Å². The molecule has 34 heteroatoms. The first-order valence-corrected chi connectivity index (χ1v) is 20.2. The third-order valence-electron chi connectivity index (χ3n) is 11.7. The molecule has 0 unspecified atom stereocenters. The minimum Gasteiger partial charge on any atom is -0.203 e. The van der Waals surface area contributed by atoms with E-state index in [1.165, 1.54) is 0 Å². The maximum atomic E-state index is 15.7. The normalized spacial score (nSPS) is 11.8. The summed E-state index contributed by atoms with van der Waals surface area (Å²) in [6, 6.07) is 0. The highest BCUT2D eigenvalue weighted by molar-refractivity contribution is 5.82. The van der Waals surface area contributed by atoms with Gasteiger partial charge in [0.15, 0.2) is 186 Å². The minimum absolute atomic E-state index is 2.84. The molecule has 0 heterocycles. The molecule has 0 aliphatic carbocycles. The van der Waals surface area contributed by atoms with Crippen LogP contribution in [0.25, 0.3) is 77.9 Å². The van der Waals surface area contributed by atoms with E-state index in [0.29, 0.717) is 0 Å². The Morgan fingerprint density at radius 1 is 0.0610 bits per heavy atom. The first-order valence-electron chi connectivity index (χ1n) is 20.2. The van der Waals surface area contributed by atoms with Gasteiger partial charge in [0.1, 0.15) is 0 Å². The van der Waals surface area contributed by atoms with Crippen molar-refractivity contribution in [3.63, 3.8) is 0 Å². The zero-order chi connectivity index (χ0) is 61.7. The summed E-state index contributed by atoms with van der Waals surface area (Å²) in [5.41, 5.74) is -43.2. The predicted octanol–water partition coefficient (Wildman–Crippen LogP) is 18.1. The molecule has 0 N–H and O–H groups in total. The van der Waals surface area contributed by atoms with Crippen molar-refractivity contribution in [1.29, 1.82) is 0 Å².